The van der Waals surface area contributed by atoms with Gasteiger partial charge in [0.1, 0.15) is 0 Å². The number of amides is 1. The third kappa shape index (κ3) is 2.94. The minimum Gasteiger partial charge on any atom is -0.394 e. The number of hydrogen-bond acceptors (Lipinski definition) is 2. The second-order valence-corrected chi connectivity index (χ2v) is 4.25. The van der Waals surface area contributed by atoms with E-state index in [1.165, 1.54) is 0 Å². The fourth-order valence-electron chi connectivity index (χ4n) is 2.14. The van der Waals surface area contributed by atoms with Crippen LogP contribution in [0.3, 0.4) is 0 Å². The Morgan fingerprint density at radius 2 is 2.18 bits per heavy atom. The predicted molar refractivity (Wildman–Crippen MR) is 67.3 cm³/mol. The highest BCUT2D eigenvalue weighted by Gasteiger charge is 2.26. The van der Waals surface area contributed by atoms with Crippen LogP contribution in [0.2, 0.25) is 0 Å². The Hall–Kier alpha value is -1.61. The Kier molecular flexibility index (Phi) is 3.94. The lowest BCUT2D eigenvalue weighted by Gasteiger charge is -2.21. The number of hydrogen-bond donors (Lipinski definition) is 1. The van der Waals surface area contributed by atoms with Crippen LogP contribution in [-0.4, -0.2) is 35.1 Å². The highest BCUT2D eigenvalue weighted by molar-refractivity contribution is 5.92. The fraction of sp³-hybridized carbons (Fsp3) is 0.357. The van der Waals surface area contributed by atoms with E-state index in [9.17, 15) is 4.79 Å². The first-order valence-electron chi connectivity index (χ1n) is 5.96. The fourth-order valence-corrected chi connectivity index (χ4v) is 2.14. The molecule has 1 fully saturated rings. The van der Waals surface area contributed by atoms with E-state index in [0.717, 1.165) is 24.9 Å². The summed E-state index contributed by atoms with van der Waals surface area (Å²) in [6, 6.07) is 9.74. The molecule has 2 rings (SSSR count). The molecule has 0 spiro atoms. The average molecular weight is 231 g/mol. The van der Waals surface area contributed by atoms with Crippen LogP contribution in [0.25, 0.3) is 6.08 Å². The van der Waals surface area contributed by atoms with Crippen molar-refractivity contribution in [3.63, 3.8) is 0 Å². The molecule has 0 aliphatic carbocycles. The van der Waals surface area contributed by atoms with Crippen LogP contribution in [-0.2, 0) is 4.79 Å². The second kappa shape index (κ2) is 5.64. The van der Waals surface area contributed by atoms with E-state index in [2.05, 4.69) is 0 Å². The van der Waals surface area contributed by atoms with Gasteiger partial charge in [-0.15, -0.1) is 0 Å². The third-order valence-corrected chi connectivity index (χ3v) is 3.09. The van der Waals surface area contributed by atoms with Crippen molar-refractivity contribution in [2.75, 3.05) is 13.2 Å². The monoisotopic (exact) mass is 231 g/mol. The number of likely N-dealkylation sites (tertiary alicyclic amines) is 1. The Balaban J connectivity index is 1.99. The molecule has 3 nitrogen and oxygen atoms in total. The van der Waals surface area contributed by atoms with Crippen LogP contribution in [0.4, 0.5) is 0 Å². The van der Waals surface area contributed by atoms with Gasteiger partial charge in [-0.05, 0) is 24.5 Å². The van der Waals surface area contributed by atoms with Crippen LogP contribution in [0.5, 0.6) is 0 Å². The van der Waals surface area contributed by atoms with Gasteiger partial charge in [-0.1, -0.05) is 30.3 Å². The molecule has 1 aliphatic heterocycles. The summed E-state index contributed by atoms with van der Waals surface area (Å²) >= 11 is 0. The van der Waals surface area contributed by atoms with Crippen molar-refractivity contribution < 1.29 is 9.90 Å². The van der Waals surface area contributed by atoms with Gasteiger partial charge < -0.3 is 10.0 Å². The first-order valence-corrected chi connectivity index (χ1v) is 5.96. The minimum absolute atomic E-state index is 0.00271. The first-order chi connectivity index (χ1) is 8.31. The van der Waals surface area contributed by atoms with Gasteiger partial charge in [0.2, 0.25) is 5.91 Å². The summed E-state index contributed by atoms with van der Waals surface area (Å²) in [4.78, 5) is 13.7. The first kappa shape index (κ1) is 11.9. The summed E-state index contributed by atoms with van der Waals surface area (Å²) in [6.45, 7) is 0.814. The number of rotatable bonds is 3. The lowest BCUT2D eigenvalue weighted by atomic mass is 10.2. The summed E-state index contributed by atoms with van der Waals surface area (Å²) < 4.78 is 0. The maximum absolute atomic E-state index is 11.9. The van der Waals surface area contributed by atoms with Gasteiger partial charge in [-0.3, -0.25) is 4.79 Å². The lowest BCUT2D eigenvalue weighted by molar-refractivity contribution is -0.127. The molecule has 1 N–H and O–H groups in total. The molecule has 0 bridgehead atoms. The Morgan fingerprint density at radius 3 is 2.88 bits per heavy atom. The van der Waals surface area contributed by atoms with Gasteiger partial charge in [0.05, 0.1) is 12.6 Å². The molecule has 0 saturated carbocycles. The molecule has 1 saturated heterocycles. The van der Waals surface area contributed by atoms with Crippen molar-refractivity contribution >= 4 is 12.0 Å². The number of aliphatic hydroxyl groups excluding tert-OH is 1. The van der Waals surface area contributed by atoms with Gasteiger partial charge in [-0.2, -0.15) is 0 Å². The zero-order valence-corrected chi connectivity index (χ0v) is 9.75. The molecule has 17 heavy (non-hydrogen) atoms. The predicted octanol–water partition coefficient (Wildman–Crippen LogP) is 1.68. The van der Waals surface area contributed by atoms with Crippen LogP contribution >= 0.6 is 0 Å². The molecule has 0 radical (unpaired) electrons. The van der Waals surface area contributed by atoms with Crippen LogP contribution in [0.1, 0.15) is 18.4 Å². The van der Waals surface area contributed by atoms with Gasteiger partial charge in [0.15, 0.2) is 0 Å². The second-order valence-electron chi connectivity index (χ2n) is 4.25. The average Bonchev–Trinajstić information content (AvgIpc) is 2.85. The van der Waals surface area contributed by atoms with Gasteiger partial charge >= 0.3 is 0 Å². The van der Waals surface area contributed by atoms with Crippen molar-refractivity contribution in [1.29, 1.82) is 0 Å². The molecule has 1 atom stereocenters. The molecule has 1 aromatic carbocycles. The summed E-state index contributed by atoms with van der Waals surface area (Å²) in [6.07, 6.45) is 5.29. The molecule has 1 aromatic rings. The number of nitrogens with zero attached hydrogens (tertiary/aromatic N) is 1. The SMILES string of the molecule is O=C(C=Cc1ccccc1)N1CCC[C@H]1CO. The number of benzene rings is 1. The molecular weight excluding hydrogens is 214 g/mol. The molecule has 1 amide bonds. The normalized spacial score (nSPS) is 20.1. The summed E-state index contributed by atoms with van der Waals surface area (Å²) in [7, 11) is 0. The molecule has 0 unspecified atom stereocenters. The highest BCUT2D eigenvalue weighted by atomic mass is 16.3. The van der Waals surface area contributed by atoms with Crippen LogP contribution < -0.4 is 0 Å². The lowest BCUT2D eigenvalue weighted by Crippen LogP contribution is -2.36. The van der Waals surface area contributed by atoms with E-state index in [1.807, 2.05) is 36.4 Å². The molecule has 0 aromatic heterocycles. The Bertz CT molecular complexity index is 400. The van der Waals surface area contributed by atoms with E-state index >= 15 is 0 Å². The van der Waals surface area contributed by atoms with Crippen molar-refractivity contribution in [3.05, 3.63) is 42.0 Å². The number of aliphatic hydroxyl groups is 1. The van der Waals surface area contributed by atoms with Crippen molar-refractivity contribution in [3.8, 4) is 0 Å². The van der Waals surface area contributed by atoms with Gasteiger partial charge in [-0.25, -0.2) is 0 Å². The van der Waals surface area contributed by atoms with Crippen molar-refractivity contribution in [1.82, 2.24) is 4.90 Å². The summed E-state index contributed by atoms with van der Waals surface area (Å²) in [5.74, 6) is -0.00889. The smallest absolute Gasteiger partial charge is 0.246 e. The van der Waals surface area contributed by atoms with E-state index in [1.54, 1.807) is 11.0 Å². The van der Waals surface area contributed by atoms with Crippen molar-refractivity contribution in [2.45, 2.75) is 18.9 Å². The van der Waals surface area contributed by atoms with E-state index in [-0.39, 0.29) is 18.6 Å². The van der Waals surface area contributed by atoms with Gasteiger partial charge in [0, 0.05) is 12.6 Å². The van der Waals surface area contributed by atoms with Crippen LogP contribution in [0, 0.1) is 0 Å². The zero-order chi connectivity index (χ0) is 12.1. The highest BCUT2D eigenvalue weighted by Crippen LogP contribution is 2.17. The Morgan fingerprint density at radius 1 is 1.41 bits per heavy atom. The number of carbonyl (C=O) groups excluding carboxylic acids is 1. The molecular formula is C14H17NO2. The third-order valence-electron chi connectivity index (χ3n) is 3.09. The van der Waals surface area contributed by atoms with E-state index in [0.29, 0.717) is 0 Å². The minimum atomic E-state index is -0.00889. The zero-order valence-electron chi connectivity index (χ0n) is 9.75. The maximum atomic E-state index is 11.9. The van der Waals surface area contributed by atoms with E-state index in [4.69, 9.17) is 5.11 Å². The van der Waals surface area contributed by atoms with Crippen molar-refractivity contribution in [2.24, 2.45) is 0 Å². The van der Waals surface area contributed by atoms with Gasteiger partial charge in [0.25, 0.3) is 0 Å². The number of carbonyl (C=O) groups is 1. The molecule has 90 valence electrons. The Labute approximate surface area is 101 Å². The standard InChI is InChI=1S/C14H17NO2/c16-11-13-7-4-10-15(13)14(17)9-8-12-5-2-1-3-6-12/h1-3,5-6,8-9,13,16H,4,7,10-11H2/t13-/m0/s1. The molecule has 3 heteroatoms. The van der Waals surface area contributed by atoms with Crippen LogP contribution in [0.15, 0.2) is 36.4 Å². The summed E-state index contributed by atoms with van der Waals surface area (Å²) in [5.41, 5.74) is 1.01. The maximum Gasteiger partial charge on any atom is 0.246 e. The molecule has 1 aliphatic rings. The molecule has 1 heterocycles. The quantitative estimate of drug-likeness (QED) is 0.804. The van der Waals surface area contributed by atoms with E-state index < -0.39 is 0 Å². The topological polar surface area (TPSA) is 40.5 Å². The summed E-state index contributed by atoms with van der Waals surface area (Å²) in [5, 5.41) is 9.15. The largest absolute Gasteiger partial charge is 0.394 e.